The zero-order valence-corrected chi connectivity index (χ0v) is 13.8. The molecular formula is C14H23N3O3S. The summed E-state index contributed by atoms with van der Waals surface area (Å²) in [4.78, 5) is 12.0. The molecule has 118 valence electrons. The maximum atomic E-state index is 12.3. The second-order valence-electron chi connectivity index (χ2n) is 6.05. The van der Waals surface area contributed by atoms with Gasteiger partial charge in [-0.2, -0.15) is 4.72 Å². The number of hydrogen-bond acceptors (Lipinski definition) is 4. The number of amides is 1. The summed E-state index contributed by atoms with van der Waals surface area (Å²) in [6, 6.07) is 3.78. The minimum Gasteiger partial charge on any atom is -0.398 e. The first-order chi connectivity index (χ1) is 9.44. The summed E-state index contributed by atoms with van der Waals surface area (Å²) in [6.07, 6.45) is 0. The minimum atomic E-state index is -3.80. The molecule has 7 heteroatoms. The van der Waals surface area contributed by atoms with Gasteiger partial charge in [0.2, 0.25) is 15.9 Å². The number of carbonyl (C=O) groups is 1. The Morgan fingerprint density at radius 3 is 2.38 bits per heavy atom. The van der Waals surface area contributed by atoms with Crippen LogP contribution in [0.25, 0.3) is 0 Å². The van der Waals surface area contributed by atoms with E-state index in [1.165, 1.54) is 13.0 Å². The van der Waals surface area contributed by atoms with E-state index in [0.29, 0.717) is 11.3 Å². The fourth-order valence-electron chi connectivity index (χ4n) is 1.75. The minimum absolute atomic E-state index is 0.0814. The highest BCUT2D eigenvalue weighted by atomic mass is 32.2. The van der Waals surface area contributed by atoms with Gasteiger partial charge in [0.05, 0.1) is 10.9 Å². The van der Waals surface area contributed by atoms with E-state index in [0.717, 1.165) is 0 Å². The predicted octanol–water partition coefficient (Wildman–Crippen LogP) is 1.16. The second-order valence-corrected chi connectivity index (χ2v) is 7.74. The van der Waals surface area contributed by atoms with Crippen LogP contribution in [0.15, 0.2) is 23.1 Å². The molecule has 1 unspecified atom stereocenters. The lowest BCUT2D eigenvalue weighted by Gasteiger charge is -2.23. The SMILES string of the molecule is Cc1c(N)cccc1S(=O)(=O)NC(C)C(=O)NC(C)(C)C. The van der Waals surface area contributed by atoms with Crippen LogP contribution in [0, 0.1) is 6.92 Å². The zero-order chi connectivity index (χ0) is 16.4. The Morgan fingerprint density at radius 2 is 1.86 bits per heavy atom. The van der Waals surface area contributed by atoms with Gasteiger partial charge in [-0.1, -0.05) is 6.07 Å². The molecule has 0 heterocycles. The average molecular weight is 313 g/mol. The molecule has 0 aliphatic heterocycles. The van der Waals surface area contributed by atoms with Crippen molar-refractivity contribution in [1.29, 1.82) is 0 Å². The largest absolute Gasteiger partial charge is 0.398 e. The van der Waals surface area contributed by atoms with Crippen molar-refractivity contribution in [2.45, 2.75) is 51.1 Å². The quantitative estimate of drug-likeness (QED) is 0.726. The highest BCUT2D eigenvalue weighted by Gasteiger charge is 2.25. The molecule has 0 radical (unpaired) electrons. The van der Waals surface area contributed by atoms with Crippen LogP contribution in [0.3, 0.4) is 0 Å². The number of nitrogens with two attached hydrogens (primary N) is 1. The number of nitrogens with one attached hydrogen (secondary N) is 2. The smallest absolute Gasteiger partial charge is 0.241 e. The van der Waals surface area contributed by atoms with Gasteiger partial charge in [-0.3, -0.25) is 4.79 Å². The van der Waals surface area contributed by atoms with Gasteiger partial charge in [0, 0.05) is 11.2 Å². The van der Waals surface area contributed by atoms with Crippen LogP contribution >= 0.6 is 0 Å². The summed E-state index contributed by atoms with van der Waals surface area (Å²) in [6.45, 7) is 8.61. The van der Waals surface area contributed by atoms with Crippen molar-refractivity contribution < 1.29 is 13.2 Å². The lowest BCUT2D eigenvalue weighted by atomic mass is 10.1. The topological polar surface area (TPSA) is 101 Å². The number of nitrogen functional groups attached to an aromatic ring is 1. The molecule has 0 aliphatic rings. The first-order valence-corrected chi connectivity index (χ1v) is 8.12. The maximum absolute atomic E-state index is 12.3. The summed E-state index contributed by atoms with van der Waals surface area (Å²) in [5.41, 5.74) is 6.15. The molecule has 0 aromatic heterocycles. The third kappa shape index (κ3) is 4.71. The highest BCUT2D eigenvalue weighted by Crippen LogP contribution is 2.20. The summed E-state index contributed by atoms with van der Waals surface area (Å²) in [7, 11) is -3.80. The normalized spacial score (nSPS) is 13.8. The Bertz CT molecular complexity index is 633. The van der Waals surface area contributed by atoms with Gasteiger partial charge in [-0.25, -0.2) is 8.42 Å². The molecule has 4 N–H and O–H groups in total. The third-order valence-corrected chi connectivity index (χ3v) is 4.52. The number of carbonyl (C=O) groups excluding carboxylic acids is 1. The molecule has 6 nitrogen and oxygen atoms in total. The molecule has 21 heavy (non-hydrogen) atoms. The Kier molecular flexibility index (Phi) is 5.01. The molecule has 1 aromatic rings. The van der Waals surface area contributed by atoms with E-state index in [1.807, 2.05) is 20.8 Å². The third-order valence-electron chi connectivity index (χ3n) is 2.84. The molecule has 0 fully saturated rings. The van der Waals surface area contributed by atoms with Gasteiger partial charge in [0.1, 0.15) is 0 Å². The molecule has 0 saturated heterocycles. The Morgan fingerprint density at radius 1 is 1.29 bits per heavy atom. The van der Waals surface area contributed by atoms with E-state index in [9.17, 15) is 13.2 Å². The summed E-state index contributed by atoms with van der Waals surface area (Å²) in [5.74, 6) is -0.382. The van der Waals surface area contributed by atoms with Gasteiger partial charge in [0.15, 0.2) is 0 Å². The van der Waals surface area contributed by atoms with Gasteiger partial charge in [0.25, 0.3) is 0 Å². The van der Waals surface area contributed by atoms with Crippen LogP contribution in [0.5, 0.6) is 0 Å². The lowest BCUT2D eigenvalue weighted by molar-refractivity contribution is -0.123. The number of sulfonamides is 1. The molecule has 1 atom stereocenters. The van der Waals surface area contributed by atoms with Crippen LogP contribution in [0.1, 0.15) is 33.3 Å². The first-order valence-electron chi connectivity index (χ1n) is 6.63. The maximum Gasteiger partial charge on any atom is 0.241 e. The molecule has 1 amide bonds. The number of anilines is 1. The predicted molar refractivity (Wildman–Crippen MR) is 83.3 cm³/mol. The standard InChI is InChI=1S/C14H23N3O3S/c1-9-11(15)7-6-8-12(9)21(19,20)17-10(2)13(18)16-14(3,4)5/h6-8,10,17H,15H2,1-5H3,(H,16,18). The van der Waals surface area contributed by atoms with E-state index >= 15 is 0 Å². The highest BCUT2D eigenvalue weighted by molar-refractivity contribution is 7.89. The van der Waals surface area contributed by atoms with E-state index in [2.05, 4.69) is 10.0 Å². The van der Waals surface area contributed by atoms with Crippen molar-refractivity contribution in [2.24, 2.45) is 0 Å². The Labute approximate surface area is 126 Å². The van der Waals surface area contributed by atoms with Crippen molar-refractivity contribution in [3.8, 4) is 0 Å². The van der Waals surface area contributed by atoms with Crippen molar-refractivity contribution in [3.05, 3.63) is 23.8 Å². The van der Waals surface area contributed by atoms with E-state index in [-0.39, 0.29) is 10.8 Å². The number of rotatable bonds is 4. The molecule has 0 saturated carbocycles. The van der Waals surface area contributed by atoms with Crippen LogP contribution in [-0.2, 0) is 14.8 Å². The van der Waals surface area contributed by atoms with Gasteiger partial charge in [-0.05, 0) is 52.3 Å². The molecule has 1 aromatic carbocycles. The van der Waals surface area contributed by atoms with Crippen LogP contribution < -0.4 is 15.8 Å². The molecule has 0 bridgehead atoms. The van der Waals surface area contributed by atoms with Crippen molar-refractivity contribution in [1.82, 2.24) is 10.0 Å². The molecule has 1 rings (SSSR count). The Balaban J connectivity index is 2.95. The van der Waals surface area contributed by atoms with Crippen LogP contribution in [0.4, 0.5) is 5.69 Å². The first kappa shape index (κ1) is 17.5. The fourth-order valence-corrected chi connectivity index (χ4v) is 3.23. The van der Waals surface area contributed by atoms with Gasteiger partial charge >= 0.3 is 0 Å². The zero-order valence-electron chi connectivity index (χ0n) is 13.0. The van der Waals surface area contributed by atoms with Crippen LogP contribution in [0.2, 0.25) is 0 Å². The lowest BCUT2D eigenvalue weighted by Crippen LogP contribution is -2.50. The van der Waals surface area contributed by atoms with E-state index in [4.69, 9.17) is 5.73 Å². The van der Waals surface area contributed by atoms with Crippen molar-refractivity contribution >= 4 is 21.6 Å². The van der Waals surface area contributed by atoms with E-state index < -0.39 is 21.6 Å². The summed E-state index contributed by atoms with van der Waals surface area (Å²) < 4.78 is 27.0. The number of hydrogen-bond donors (Lipinski definition) is 3. The fraction of sp³-hybridized carbons (Fsp3) is 0.500. The van der Waals surface area contributed by atoms with Crippen molar-refractivity contribution in [2.75, 3.05) is 5.73 Å². The van der Waals surface area contributed by atoms with Gasteiger partial charge in [-0.15, -0.1) is 0 Å². The Hall–Kier alpha value is -1.60. The molecule has 0 spiro atoms. The second kappa shape index (κ2) is 6.03. The summed E-state index contributed by atoms with van der Waals surface area (Å²) >= 11 is 0. The van der Waals surface area contributed by atoms with Crippen LogP contribution in [-0.4, -0.2) is 25.9 Å². The summed E-state index contributed by atoms with van der Waals surface area (Å²) in [5, 5.41) is 2.73. The van der Waals surface area contributed by atoms with Crippen molar-refractivity contribution in [3.63, 3.8) is 0 Å². The monoisotopic (exact) mass is 313 g/mol. The molecule has 0 aliphatic carbocycles. The molecular weight excluding hydrogens is 290 g/mol. The van der Waals surface area contributed by atoms with E-state index in [1.54, 1.807) is 19.1 Å². The number of benzene rings is 1. The average Bonchev–Trinajstić information content (AvgIpc) is 2.29. The van der Waals surface area contributed by atoms with Gasteiger partial charge < -0.3 is 11.1 Å².